The Morgan fingerprint density at radius 3 is 2.37 bits per heavy atom. The van der Waals surface area contributed by atoms with Gasteiger partial charge >= 0.3 is 6.09 Å². The monoisotopic (exact) mass is 591 g/mol. The van der Waals surface area contributed by atoms with Gasteiger partial charge in [-0.05, 0) is 76.9 Å². The van der Waals surface area contributed by atoms with E-state index in [9.17, 15) is 24.7 Å². The maximum absolute atomic E-state index is 13.3. The van der Waals surface area contributed by atoms with Gasteiger partial charge in [-0.1, -0.05) is 18.2 Å². The zero-order valence-electron chi connectivity index (χ0n) is 25.2. The van der Waals surface area contributed by atoms with Crippen LogP contribution in [-0.2, 0) is 11.4 Å². The SMILES string of the molecule is Cc1cc(COc2ccc(C(=O)NC3(CC(=O)NO)CCN(CCN(C(=O)O)C(C)(C)C)CC3)cc2)c2ccccc2n1. The topological polar surface area (TPSA) is 144 Å². The zero-order chi connectivity index (χ0) is 31.2. The molecule has 0 aliphatic carbocycles. The summed E-state index contributed by atoms with van der Waals surface area (Å²) in [6.45, 7) is 9.88. The van der Waals surface area contributed by atoms with E-state index in [1.165, 1.54) is 4.90 Å². The fourth-order valence-corrected chi connectivity index (χ4v) is 5.55. The maximum atomic E-state index is 13.3. The van der Waals surface area contributed by atoms with Crippen LogP contribution < -0.4 is 15.5 Å². The van der Waals surface area contributed by atoms with Gasteiger partial charge in [-0.15, -0.1) is 0 Å². The molecule has 0 bridgehead atoms. The number of nitrogens with one attached hydrogen (secondary N) is 2. The molecule has 4 rings (SSSR count). The van der Waals surface area contributed by atoms with E-state index in [0.717, 1.165) is 22.2 Å². The summed E-state index contributed by atoms with van der Waals surface area (Å²) in [5.41, 5.74) is 3.57. The third-order valence-corrected chi connectivity index (χ3v) is 7.94. The number of nitrogens with zero attached hydrogens (tertiary/aromatic N) is 3. The van der Waals surface area contributed by atoms with E-state index in [1.54, 1.807) is 29.7 Å². The average molecular weight is 592 g/mol. The van der Waals surface area contributed by atoms with Crippen molar-refractivity contribution in [3.8, 4) is 5.75 Å². The standard InChI is InChI=1S/C32H41N5O6/c1-22-19-24(26-7-5-6-8-27(26)33-22)21-43-25-11-9-23(10-12-25)29(39)34-32(20-28(38)35-42)13-15-36(16-14-32)17-18-37(30(40)41)31(2,3)4/h5-12,19,42H,13-18,20-21H2,1-4H3,(H,34,39)(H,35,38)(H,40,41). The van der Waals surface area contributed by atoms with Gasteiger partial charge in [0.15, 0.2) is 0 Å². The van der Waals surface area contributed by atoms with Crippen molar-refractivity contribution in [1.29, 1.82) is 0 Å². The van der Waals surface area contributed by atoms with Gasteiger partial charge in [-0.3, -0.25) is 19.8 Å². The molecule has 0 spiro atoms. The predicted octanol–water partition coefficient (Wildman–Crippen LogP) is 4.36. The van der Waals surface area contributed by atoms with Crippen LogP contribution in [0.1, 0.15) is 61.6 Å². The number of aromatic nitrogens is 1. The number of hydrogen-bond donors (Lipinski definition) is 4. The van der Waals surface area contributed by atoms with Crippen LogP contribution in [0.5, 0.6) is 5.75 Å². The minimum absolute atomic E-state index is 0.0766. The summed E-state index contributed by atoms with van der Waals surface area (Å²) in [5, 5.41) is 22.9. The lowest BCUT2D eigenvalue weighted by molar-refractivity contribution is -0.131. The number of carboxylic acid groups (broad SMARTS) is 1. The Labute approximate surface area is 251 Å². The Balaban J connectivity index is 1.38. The first kappa shape index (κ1) is 31.7. The highest BCUT2D eigenvalue weighted by molar-refractivity contribution is 5.95. The van der Waals surface area contributed by atoms with E-state index in [4.69, 9.17) is 4.74 Å². The summed E-state index contributed by atoms with van der Waals surface area (Å²) >= 11 is 0. The number of ether oxygens (including phenoxy) is 1. The van der Waals surface area contributed by atoms with Crippen LogP contribution in [0.2, 0.25) is 0 Å². The molecular formula is C32H41N5O6. The van der Waals surface area contributed by atoms with E-state index in [0.29, 0.717) is 56.9 Å². The second-order valence-corrected chi connectivity index (χ2v) is 12.1. The molecule has 0 saturated carbocycles. The number of para-hydroxylation sites is 1. The molecule has 0 atom stereocenters. The summed E-state index contributed by atoms with van der Waals surface area (Å²) in [6.07, 6.45) is -0.111. The minimum Gasteiger partial charge on any atom is -0.489 e. The number of benzene rings is 2. The Morgan fingerprint density at radius 2 is 1.74 bits per heavy atom. The lowest BCUT2D eigenvalue weighted by atomic mass is 9.83. The Kier molecular flexibility index (Phi) is 9.87. The molecule has 11 nitrogen and oxygen atoms in total. The van der Waals surface area contributed by atoms with E-state index in [2.05, 4.69) is 15.2 Å². The highest BCUT2D eigenvalue weighted by Gasteiger charge is 2.38. The summed E-state index contributed by atoms with van der Waals surface area (Å²) < 4.78 is 6.03. The maximum Gasteiger partial charge on any atom is 0.407 e. The molecule has 43 heavy (non-hydrogen) atoms. The van der Waals surface area contributed by atoms with Crippen LogP contribution in [0.15, 0.2) is 54.6 Å². The molecule has 3 aromatic rings. The summed E-state index contributed by atoms with van der Waals surface area (Å²) in [6, 6.07) is 16.8. The third-order valence-electron chi connectivity index (χ3n) is 7.94. The van der Waals surface area contributed by atoms with Gasteiger partial charge in [0, 0.05) is 53.9 Å². The van der Waals surface area contributed by atoms with E-state index >= 15 is 0 Å². The van der Waals surface area contributed by atoms with Crippen LogP contribution >= 0.6 is 0 Å². The van der Waals surface area contributed by atoms with Gasteiger partial charge in [0.1, 0.15) is 12.4 Å². The second kappa shape index (κ2) is 13.4. The molecule has 11 heteroatoms. The Morgan fingerprint density at radius 1 is 1.07 bits per heavy atom. The normalized spacial score (nSPS) is 15.1. The largest absolute Gasteiger partial charge is 0.489 e. The fraction of sp³-hybridized carbons (Fsp3) is 0.438. The molecule has 2 aromatic carbocycles. The summed E-state index contributed by atoms with van der Waals surface area (Å²) in [4.78, 5) is 45.3. The number of likely N-dealkylation sites (tertiary alicyclic amines) is 1. The van der Waals surface area contributed by atoms with Crippen LogP contribution in [0.25, 0.3) is 10.9 Å². The number of rotatable bonds is 10. The number of amides is 3. The van der Waals surface area contributed by atoms with Gasteiger partial charge < -0.3 is 25.0 Å². The quantitative estimate of drug-likeness (QED) is 0.201. The number of carbonyl (C=O) groups is 3. The molecule has 2 heterocycles. The first-order chi connectivity index (χ1) is 20.4. The van der Waals surface area contributed by atoms with Crippen molar-refractivity contribution in [2.75, 3.05) is 26.2 Å². The van der Waals surface area contributed by atoms with E-state index in [-0.39, 0.29) is 12.3 Å². The number of aryl methyl sites for hydroxylation is 1. The van der Waals surface area contributed by atoms with E-state index in [1.807, 2.05) is 58.0 Å². The molecule has 1 aliphatic heterocycles. The van der Waals surface area contributed by atoms with Crippen molar-refractivity contribution in [2.45, 2.75) is 64.6 Å². The van der Waals surface area contributed by atoms with Crippen LogP contribution in [0, 0.1) is 6.92 Å². The number of hydroxylamine groups is 1. The zero-order valence-corrected chi connectivity index (χ0v) is 25.2. The number of pyridine rings is 1. The first-order valence-electron chi connectivity index (χ1n) is 14.5. The van der Waals surface area contributed by atoms with Crippen molar-refractivity contribution in [1.82, 2.24) is 25.6 Å². The summed E-state index contributed by atoms with van der Waals surface area (Å²) in [7, 11) is 0. The number of piperidine rings is 1. The smallest absolute Gasteiger partial charge is 0.407 e. The second-order valence-electron chi connectivity index (χ2n) is 12.1. The van der Waals surface area contributed by atoms with Crippen LogP contribution in [-0.4, -0.2) is 80.3 Å². The molecule has 0 radical (unpaired) electrons. The molecule has 230 valence electrons. The minimum atomic E-state index is -0.969. The first-order valence-corrected chi connectivity index (χ1v) is 14.5. The number of carbonyl (C=O) groups excluding carboxylic acids is 2. The Bertz CT molecular complexity index is 1440. The van der Waals surface area contributed by atoms with Crippen molar-refractivity contribution >= 4 is 28.8 Å². The third kappa shape index (κ3) is 8.20. The van der Waals surface area contributed by atoms with Gasteiger partial charge in [-0.25, -0.2) is 10.3 Å². The van der Waals surface area contributed by atoms with Crippen LogP contribution in [0.3, 0.4) is 0 Å². The predicted molar refractivity (Wildman–Crippen MR) is 162 cm³/mol. The summed E-state index contributed by atoms with van der Waals surface area (Å²) in [5.74, 6) is -0.295. The van der Waals surface area contributed by atoms with Crippen molar-refractivity contribution in [2.24, 2.45) is 0 Å². The molecule has 0 unspecified atom stereocenters. The Hall–Kier alpha value is -4.22. The average Bonchev–Trinajstić information content (AvgIpc) is 2.96. The number of fused-ring (bicyclic) bond motifs is 1. The van der Waals surface area contributed by atoms with Crippen molar-refractivity contribution in [3.63, 3.8) is 0 Å². The molecule has 1 aliphatic rings. The molecular weight excluding hydrogens is 550 g/mol. The number of hydrogen-bond acceptors (Lipinski definition) is 7. The lowest BCUT2D eigenvalue weighted by Gasteiger charge is -2.43. The molecule has 1 aromatic heterocycles. The highest BCUT2D eigenvalue weighted by atomic mass is 16.5. The van der Waals surface area contributed by atoms with Gasteiger partial charge in [0.25, 0.3) is 5.91 Å². The van der Waals surface area contributed by atoms with Gasteiger partial charge in [0.2, 0.25) is 5.91 Å². The van der Waals surface area contributed by atoms with Gasteiger partial charge in [0.05, 0.1) is 17.5 Å². The van der Waals surface area contributed by atoms with E-state index < -0.39 is 23.1 Å². The highest BCUT2D eigenvalue weighted by Crippen LogP contribution is 2.28. The lowest BCUT2D eigenvalue weighted by Crippen LogP contribution is -2.58. The van der Waals surface area contributed by atoms with Crippen molar-refractivity contribution in [3.05, 3.63) is 71.4 Å². The molecule has 1 saturated heterocycles. The molecule has 3 amide bonds. The molecule has 4 N–H and O–H groups in total. The fourth-order valence-electron chi connectivity index (χ4n) is 5.55. The van der Waals surface area contributed by atoms with Gasteiger partial charge in [-0.2, -0.15) is 0 Å². The van der Waals surface area contributed by atoms with Crippen LogP contribution in [0.4, 0.5) is 4.79 Å². The van der Waals surface area contributed by atoms with Crippen molar-refractivity contribution < 1.29 is 29.4 Å². The molecule has 1 fully saturated rings.